The third-order valence-electron chi connectivity index (χ3n) is 1.98. The topological polar surface area (TPSA) is 132 Å². The zero-order chi connectivity index (χ0) is 13.2. The Hall–Kier alpha value is -0.900. The summed E-state index contributed by atoms with van der Waals surface area (Å²) in [4.78, 5) is 7.46. The van der Waals surface area contributed by atoms with Crippen LogP contribution in [0.2, 0.25) is 5.15 Å². The predicted octanol–water partition coefficient (Wildman–Crippen LogP) is -1.71. The molecule has 2 aromatic rings. The molecule has 0 aliphatic carbocycles. The number of nitrogens with zero attached hydrogens (tertiary/aromatic N) is 3. The number of sulfonamides is 1. The minimum atomic E-state index is -3.84. The van der Waals surface area contributed by atoms with Crippen LogP contribution in [-0.4, -0.2) is 23.9 Å². The van der Waals surface area contributed by atoms with Gasteiger partial charge in [0.05, 0.1) is 4.90 Å². The van der Waals surface area contributed by atoms with E-state index in [1.807, 2.05) is 0 Å². The third-order valence-corrected chi connectivity index (χ3v) is 3.46. The van der Waals surface area contributed by atoms with Crippen LogP contribution in [0.15, 0.2) is 41.6 Å². The van der Waals surface area contributed by atoms with Crippen molar-refractivity contribution in [3.63, 3.8) is 0 Å². The van der Waals surface area contributed by atoms with Crippen LogP contribution >= 0.6 is 11.6 Å². The third kappa shape index (κ3) is 4.89. The summed E-state index contributed by atoms with van der Waals surface area (Å²) < 4.78 is 27.3. The van der Waals surface area contributed by atoms with E-state index < -0.39 is 10.0 Å². The Morgan fingerprint density at radius 2 is 1.75 bits per heavy atom. The molecule has 2 rings (SSSR count). The van der Waals surface area contributed by atoms with Gasteiger partial charge in [0.15, 0.2) is 0 Å². The molecule has 0 fully saturated rings. The van der Waals surface area contributed by atoms with Gasteiger partial charge >= 0.3 is 29.6 Å². The summed E-state index contributed by atoms with van der Waals surface area (Å²) in [7, 11) is -3.84. The van der Waals surface area contributed by atoms with Gasteiger partial charge in [0.2, 0.25) is 10.0 Å². The fourth-order valence-corrected chi connectivity index (χ4v) is 2.25. The molecule has 4 N–H and O–H groups in total. The van der Waals surface area contributed by atoms with E-state index in [1.54, 1.807) is 0 Å². The number of rotatable bonds is 3. The molecule has 0 amide bonds. The van der Waals surface area contributed by atoms with Crippen molar-refractivity contribution < 1.29 is 43.5 Å². The van der Waals surface area contributed by atoms with Crippen molar-refractivity contribution in [3.8, 4) is 0 Å². The first-order valence-corrected chi connectivity index (χ1v) is 6.60. The van der Waals surface area contributed by atoms with Crippen molar-refractivity contribution in [3.05, 3.63) is 46.5 Å². The first-order valence-electron chi connectivity index (χ1n) is 4.78. The van der Waals surface area contributed by atoms with Crippen LogP contribution in [0, 0.1) is 0 Å². The van der Waals surface area contributed by atoms with Gasteiger partial charge in [0.25, 0.3) is 0 Å². The minimum Gasteiger partial charge on any atom is -0.423 e. The fourth-order valence-electron chi connectivity index (χ4n) is 1.19. The summed E-state index contributed by atoms with van der Waals surface area (Å²) in [6.07, 6.45) is 2.50. The summed E-state index contributed by atoms with van der Waals surface area (Å²) >= 11 is 5.60. The minimum absolute atomic E-state index is 0. The average Bonchev–Trinajstić information content (AvgIpc) is 2.29. The monoisotopic (exact) mass is 324 g/mol. The maximum Gasteiger partial charge on any atom is 1.00 e. The van der Waals surface area contributed by atoms with E-state index in [0.717, 1.165) is 0 Å². The van der Waals surface area contributed by atoms with Crippen LogP contribution < -0.4 is 35.3 Å². The number of aromatic nitrogens is 2. The van der Waals surface area contributed by atoms with Crippen LogP contribution in [0.4, 0.5) is 11.5 Å². The second-order valence-electron chi connectivity index (χ2n) is 3.34. The molecular weight excluding hydrogens is 315 g/mol. The molecule has 0 atom stereocenters. The second-order valence-corrected chi connectivity index (χ2v) is 5.33. The van der Waals surface area contributed by atoms with Gasteiger partial charge in [-0.05, 0) is 30.1 Å². The van der Waals surface area contributed by atoms with E-state index >= 15 is 0 Å². The molecule has 7 nitrogen and oxygen atoms in total. The molecule has 0 bridgehead atoms. The molecular formula is C10H10ClN4NaO3S. The van der Waals surface area contributed by atoms with Crippen LogP contribution in [0.3, 0.4) is 0 Å². The summed E-state index contributed by atoms with van der Waals surface area (Å²) in [6.45, 7) is 0. The van der Waals surface area contributed by atoms with E-state index in [-0.39, 0.29) is 50.9 Å². The maximum atomic E-state index is 11.9. The Balaban J connectivity index is 0.00000180. The predicted molar refractivity (Wildman–Crippen MR) is 71.7 cm³/mol. The molecule has 0 unspecified atom stereocenters. The molecule has 0 saturated carbocycles. The first kappa shape index (κ1) is 19.1. The molecule has 102 valence electrons. The molecule has 1 aromatic carbocycles. The van der Waals surface area contributed by atoms with E-state index in [9.17, 15) is 8.42 Å². The molecule has 1 aromatic heterocycles. The van der Waals surface area contributed by atoms with Crippen molar-refractivity contribution in [1.29, 1.82) is 0 Å². The number of hydrogen-bond acceptors (Lipinski definition) is 5. The number of benzene rings is 1. The van der Waals surface area contributed by atoms with E-state index in [0.29, 0.717) is 5.69 Å². The summed E-state index contributed by atoms with van der Waals surface area (Å²) in [6, 6.07) is 5.69. The van der Waals surface area contributed by atoms with Crippen molar-refractivity contribution in [1.82, 2.24) is 9.97 Å². The molecule has 10 heteroatoms. The SMILES string of the molecule is Nc1ccc(S(=O)(=O)[N-]c2cncc(Cl)n2)cc1.O.[Na+]. The van der Waals surface area contributed by atoms with Crippen LogP contribution in [0.5, 0.6) is 0 Å². The maximum absolute atomic E-state index is 11.9. The van der Waals surface area contributed by atoms with Crippen molar-refractivity contribution >= 4 is 33.1 Å². The number of hydrogen-bond donors (Lipinski definition) is 1. The molecule has 0 saturated heterocycles. The normalized spacial score (nSPS) is 10.1. The number of nitrogens with two attached hydrogens (primary N) is 1. The summed E-state index contributed by atoms with van der Waals surface area (Å²) in [5, 5.41) is 0.0729. The van der Waals surface area contributed by atoms with Crippen molar-refractivity contribution in [2.24, 2.45) is 0 Å². The first-order chi connectivity index (χ1) is 8.47. The van der Waals surface area contributed by atoms with Crippen molar-refractivity contribution in [2.75, 3.05) is 5.73 Å². The Labute approximate surface area is 143 Å². The zero-order valence-electron chi connectivity index (χ0n) is 10.5. The van der Waals surface area contributed by atoms with Gasteiger partial charge in [-0.15, -0.1) is 0 Å². The van der Waals surface area contributed by atoms with Crippen LogP contribution in [-0.2, 0) is 10.0 Å². The van der Waals surface area contributed by atoms with Crippen LogP contribution in [0.25, 0.3) is 4.72 Å². The van der Waals surface area contributed by atoms with Gasteiger partial charge in [-0.3, -0.25) is 4.98 Å². The summed E-state index contributed by atoms with van der Waals surface area (Å²) in [5.74, 6) is -0.0701. The molecule has 0 radical (unpaired) electrons. The Morgan fingerprint density at radius 1 is 1.15 bits per heavy atom. The van der Waals surface area contributed by atoms with Gasteiger partial charge in [0.1, 0.15) is 0 Å². The zero-order valence-corrected chi connectivity index (χ0v) is 14.1. The molecule has 20 heavy (non-hydrogen) atoms. The van der Waals surface area contributed by atoms with Crippen LogP contribution in [0.1, 0.15) is 0 Å². The second kappa shape index (κ2) is 7.77. The Morgan fingerprint density at radius 3 is 2.30 bits per heavy atom. The summed E-state index contributed by atoms with van der Waals surface area (Å²) in [5.41, 5.74) is 5.95. The van der Waals surface area contributed by atoms with Gasteiger partial charge < -0.3 is 20.9 Å². The number of nitrogen functional groups attached to an aromatic ring is 1. The van der Waals surface area contributed by atoms with E-state index in [2.05, 4.69) is 14.7 Å². The van der Waals surface area contributed by atoms with Crippen molar-refractivity contribution in [2.45, 2.75) is 4.90 Å². The van der Waals surface area contributed by atoms with Gasteiger partial charge in [-0.25, -0.2) is 8.42 Å². The number of anilines is 1. The largest absolute Gasteiger partial charge is 1.00 e. The fraction of sp³-hybridized carbons (Fsp3) is 0. The quantitative estimate of drug-likeness (QED) is 0.530. The molecule has 0 spiro atoms. The average molecular weight is 325 g/mol. The van der Waals surface area contributed by atoms with Gasteiger partial charge in [-0.2, -0.15) is 0 Å². The smallest absolute Gasteiger partial charge is 0.423 e. The number of halogens is 1. The van der Waals surface area contributed by atoms with E-state index in [4.69, 9.17) is 17.3 Å². The molecule has 1 heterocycles. The van der Waals surface area contributed by atoms with Gasteiger partial charge in [0, 0.05) is 23.2 Å². The Bertz CT molecular complexity index is 666. The standard InChI is InChI=1S/C10H8ClN4O2S.Na.H2O/c11-9-5-13-6-10(14-9)15-18(16,17)8-3-1-7(12)2-4-8;;/h1-6H,12H2;;1H2/q-1;+1;. The van der Waals surface area contributed by atoms with Gasteiger partial charge in [-0.1, -0.05) is 11.6 Å². The molecule has 0 aliphatic heterocycles. The van der Waals surface area contributed by atoms with E-state index in [1.165, 1.54) is 36.7 Å². The Kier molecular flexibility index (Phi) is 7.42. The molecule has 0 aliphatic rings.